The molecule has 2 heterocycles. The van der Waals surface area contributed by atoms with Crippen LogP contribution in [0, 0.1) is 0 Å². The second kappa shape index (κ2) is 12.8. The second-order valence-corrected chi connectivity index (χ2v) is 12.0. The van der Waals surface area contributed by atoms with Crippen molar-refractivity contribution in [3.8, 4) is 11.5 Å². The van der Waals surface area contributed by atoms with E-state index in [2.05, 4.69) is 72.9 Å². The van der Waals surface area contributed by atoms with Gasteiger partial charge in [0.1, 0.15) is 16.2 Å². The molecule has 1 atom stereocenters. The number of benzene rings is 2. The quantitative estimate of drug-likeness (QED) is 0.194. The molecule has 1 unspecified atom stereocenters. The fourth-order valence-corrected chi connectivity index (χ4v) is 6.79. The number of nitrogens with zero attached hydrogens (tertiary/aromatic N) is 3. The lowest BCUT2D eigenvalue weighted by atomic mass is 10.2. The minimum Gasteiger partial charge on any atom is -0.508 e. The van der Waals surface area contributed by atoms with Crippen LogP contribution in [0.15, 0.2) is 70.6 Å². The van der Waals surface area contributed by atoms with Gasteiger partial charge in [0.2, 0.25) is 5.52 Å². The number of phenolic OH excluding ortho intramolecular Hbond substituents is 2. The summed E-state index contributed by atoms with van der Waals surface area (Å²) in [5.41, 5.74) is 2.40. The number of hydrogen-bond donors (Lipinski definition) is 3. The van der Waals surface area contributed by atoms with Crippen molar-refractivity contribution in [2.75, 3.05) is 47.8 Å². The fourth-order valence-electron chi connectivity index (χ4n) is 4.46. The van der Waals surface area contributed by atoms with Gasteiger partial charge in [0.25, 0.3) is 5.01 Å². The van der Waals surface area contributed by atoms with Crippen LogP contribution < -0.4 is 9.47 Å². The van der Waals surface area contributed by atoms with Gasteiger partial charge in [0, 0.05) is 62.3 Å². The number of allylic oxidation sites excluding steroid dienone is 4. The first-order valence-corrected chi connectivity index (χ1v) is 14.3. The number of phenols is 2. The normalized spacial score (nSPS) is 16.9. The minimum atomic E-state index is 0.303. The van der Waals surface area contributed by atoms with Gasteiger partial charge in [0.15, 0.2) is 17.3 Å². The summed E-state index contributed by atoms with van der Waals surface area (Å²) in [5.74, 6) is 0.617. The first kappa shape index (κ1) is 27.4. The topological polar surface area (TPSA) is 55.3 Å². The number of fused-ring (bicyclic) bond motifs is 2. The maximum atomic E-state index is 9.95. The maximum Gasteiger partial charge on any atom is 0.262 e. The Bertz CT molecular complexity index is 1310. The van der Waals surface area contributed by atoms with Crippen molar-refractivity contribution >= 4 is 45.1 Å². The summed E-state index contributed by atoms with van der Waals surface area (Å²) in [6.45, 7) is 4.03. The summed E-state index contributed by atoms with van der Waals surface area (Å²) in [6, 6.07) is 11.3. The molecule has 8 heteroatoms. The van der Waals surface area contributed by atoms with E-state index in [1.54, 1.807) is 35.2 Å². The zero-order valence-electron chi connectivity index (χ0n) is 22.1. The minimum absolute atomic E-state index is 0.303. The predicted octanol–water partition coefficient (Wildman–Crippen LogP) is 4.24. The van der Waals surface area contributed by atoms with Crippen molar-refractivity contribution in [2.45, 2.75) is 24.3 Å². The largest absolute Gasteiger partial charge is 0.508 e. The number of quaternary nitrogens is 1. The van der Waals surface area contributed by atoms with Gasteiger partial charge in [-0.05, 0) is 52.1 Å². The molecule has 3 N–H and O–H groups in total. The molecule has 2 aromatic carbocycles. The van der Waals surface area contributed by atoms with E-state index in [4.69, 9.17) is 0 Å². The lowest BCUT2D eigenvalue weighted by molar-refractivity contribution is -0.780. The zero-order valence-corrected chi connectivity index (χ0v) is 23.8. The molecule has 4 rings (SSSR count). The van der Waals surface area contributed by atoms with Crippen LogP contribution in [0.2, 0.25) is 0 Å². The Morgan fingerprint density at radius 2 is 1.62 bits per heavy atom. The van der Waals surface area contributed by atoms with Crippen molar-refractivity contribution in [2.24, 2.45) is 0 Å². The molecular weight excluding hydrogens is 500 g/mol. The Morgan fingerprint density at radius 3 is 2.41 bits per heavy atom. The van der Waals surface area contributed by atoms with E-state index in [1.165, 1.54) is 20.6 Å². The number of thiazole rings is 1. The van der Waals surface area contributed by atoms with Gasteiger partial charge in [-0.2, -0.15) is 4.57 Å². The third-order valence-electron chi connectivity index (χ3n) is 6.25. The molecule has 1 aliphatic rings. The highest BCUT2D eigenvalue weighted by molar-refractivity contribution is 8.03. The highest BCUT2D eigenvalue weighted by Gasteiger charge is 2.30. The number of hydrogen-bond acceptors (Lipinski definition) is 6. The van der Waals surface area contributed by atoms with Crippen LogP contribution in [0.5, 0.6) is 11.5 Å². The van der Waals surface area contributed by atoms with E-state index in [9.17, 15) is 10.2 Å². The molecule has 0 saturated heterocycles. The van der Waals surface area contributed by atoms with Crippen LogP contribution in [-0.2, 0) is 6.54 Å². The molecule has 0 amide bonds. The Kier molecular flexibility index (Phi) is 9.45. The van der Waals surface area contributed by atoms with E-state index in [0.717, 1.165) is 54.1 Å². The van der Waals surface area contributed by atoms with Crippen molar-refractivity contribution in [1.29, 1.82) is 0 Å². The Hall–Kier alpha value is -2.62. The predicted molar refractivity (Wildman–Crippen MR) is 156 cm³/mol. The molecule has 0 bridgehead atoms. The third kappa shape index (κ3) is 7.24. The number of rotatable bonds is 11. The SMILES string of the molecule is CN(C)CCC[n+]1c(/C=C/C=C/C=C2\Sc3cc(O)ccc3[NH+]2CCCN(C)C)sc2cc(O)ccc21. The van der Waals surface area contributed by atoms with Gasteiger partial charge < -0.3 is 20.0 Å². The smallest absolute Gasteiger partial charge is 0.262 e. The maximum absolute atomic E-state index is 9.95. The summed E-state index contributed by atoms with van der Waals surface area (Å²) < 4.78 is 3.44. The van der Waals surface area contributed by atoms with Crippen molar-refractivity contribution in [3.05, 3.63) is 70.7 Å². The van der Waals surface area contributed by atoms with E-state index in [-0.39, 0.29) is 0 Å². The first-order chi connectivity index (χ1) is 17.8. The number of thioether (sulfide) groups is 1. The van der Waals surface area contributed by atoms with E-state index >= 15 is 0 Å². The molecule has 3 aromatic rings. The van der Waals surface area contributed by atoms with Crippen LogP contribution in [0.1, 0.15) is 17.8 Å². The molecule has 1 aromatic heterocycles. The van der Waals surface area contributed by atoms with Crippen molar-refractivity contribution in [1.82, 2.24) is 9.80 Å². The van der Waals surface area contributed by atoms with E-state index in [0.29, 0.717) is 11.5 Å². The molecule has 0 radical (unpaired) electrons. The summed E-state index contributed by atoms with van der Waals surface area (Å²) >= 11 is 3.44. The average Bonchev–Trinajstić information content (AvgIpc) is 3.35. The van der Waals surface area contributed by atoms with Crippen molar-refractivity contribution in [3.63, 3.8) is 0 Å². The number of aryl methyl sites for hydroxylation is 1. The molecule has 0 saturated carbocycles. The van der Waals surface area contributed by atoms with Crippen LogP contribution in [-0.4, -0.2) is 67.8 Å². The Labute approximate surface area is 228 Å². The van der Waals surface area contributed by atoms with Crippen LogP contribution in [0.4, 0.5) is 5.69 Å². The van der Waals surface area contributed by atoms with E-state index < -0.39 is 0 Å². The van der Waals surface area contributed by atoms with Crippen LogP contribution in [0.25, 0.3) is 16.3 Å². The summed E-state index contributed by atoms with van der Waals surface area (Å²) in [7, 11) is 8.42. The molecule has 6 nitrogen and oxygen atoms in total. The molecule has 196 valence electrons. The van der Waals surface area contributed by atoms with Crippen LogP contribution >= 0.6 is 23.1 Å². The molecule has 0 spiro atoms. The third-order valence-corrected chi connectivity index (χ3v) is 8.52. The molecular formula is C29H38N4O2S2+2. The molecule has 0 fully saturated rings. The summed E-state index contributed by atoms with van der Waals surface area (Å²) in [4.78, 5) is 6.91. The van der Waals surface area contributed by atoms with Gasteiger partial charge in [0.05, 0.1) is 11.4 Å². The number of aromatic nitrogens is 1. The lowest BCUT2D eigenvalue weighted by Gasteiger charge is -2.15. The highest BCUT2D eigenvalue weighted by atomic mass is 32.2. The van der Waals surface area contributed by atoms with Gasteiger partial charge >= 0.3 is 0 Å². The molecule has 37 heavy (non-hydrogen) atoms. The Balaban J connectivity index is 1.50. The Morgan fingerprint density at radius 1 is 0.892 bits per heavy atom. The van der Waals surface area contributed by atoms with Gasteiger partial charge in [-0.1, -0.05) is 29.6 Å². The second-order valence-electron chi connectivity index (χ2n) is 9.84. The van der Waals surface area contributed by atoms with Crippen molar-refractivity contribution < 1.29 is 19.7 Å². The van der Waals surface area contributed by atoms with Crippen LogP contribution in [0.3, 0.4) is 0 Å². The van der Waals surface area contributed by atoms with Gasteiger partial charge in [-0.3, -0.25) is 4.90 Å². The summed E-state index contributed by atoms with van der Waals surface area (Å²) in [6.07, 6.45) is 12.8. The number of nitrogens with one attached hydrogen (secondary N) is 1. The molecule has 1 aliphatic heterocycles. The number of aromatic hydroxyl groups is 2. The van der Waals surface area contributed by atoms with E-state index in [1.807, 2.05) is 24.3 Å². The standard InChI is InChI=1S/C29H36N4O2S2/c1-30(2)16-8-18-32-24-14-12-22(34)20-26(24)36-28(32)10-6-5-7-11-29-33(19-9-17-31(3)4)25-15-13-23(35)21-27(25)37-29/h5-7,10-15,20-21H,8-9,16-19H2,1-4H3,(H-,34,35)/p+2. The summed E-state index contributed by atoms with van der Waals surface area (Å²) in [5, 5.41) is 22.3. The molecule has 0 aliphatic carbocycles. The average molecular weight is 539 g/mol. The first-order valence-electron chi connectivity index (χ1n) is 12.7. The van der Waals surface area contributed by atoms with Gasteiger partial charge in [-0.15, -0.1) is 0 Å². The van der Waals surface area contributed by atoms with Gasteiger partial charge in [-0.25, -0.2) is 0 Å². The highest BCUT2D eigenvalue weighted by Crippen LogP contribution is 2.37. The fraction of sp³-hybridized carbons (Fsp3) is 0.345. The lowest BCUT2D eigenvalue weighted by Crippen LogP contribution is -3.03. The monoisotopic (exact) mass is 538 g/mol. The zero-order chi connectivity index (χ0) is 26.4.